The Kier molecular flexibility index (Phi) is 4.05. The third-order valence-electron chi connectivity index (χ3n) is 4.86. The van der Waals surface area contributed by atoms with Gasteiger partial charge in [-0.05, 0) is 43.0 Å². The van der Waals surface area contributed by atoms with Crippen molar-refractivity contribution in [1.82, 2.24) is 15.0 Å². The van der Waals surface area contributed by atoms with Crippen molar-refractivity contribution in [3.05, 3.63) is 46.6 Å². The second kappa shape index (κ2) is 6.24. The van der Waals surface area contributed by atoms with Crippen molar-refractivity contribution in [2.24, 2.45) is 0 Å². The molecule has 0 spiro atoms. The number of rotatable bonds is 3. The average molecular weight is 343 g/mol. The molecule has 1 unspecified atom stereocenters. The minimum absolute atomic E-state index is 0.0606. The monoisotopic (exact) mass is 343 g/mol. The van der Waals surface area contributed by atoms with E-state index in [-0.39, 0.29) is 18.9 Å². The van der Waals surface area contributed by atoms with E-state index in [9.17, 15) is 9.90 Å². The number of carbonyl (C=O) groups excluding carboxylic acids is 1. The van der Waals surface area contributed by atoms with Crippen molar-refractivity contribution in [2.45, 2.75) is 45.0 Å². The summed E-state index contributed by atoms with van der Waals surface area (Å²) in [5, 5.41) is 14.7. The molecular weight excluding hydrogens is 322 g/mol. The standard InChI is InChI=1S/C18H21N3O4/c1-12-19-16(25-20-12)8-18(23)5-2-6-21(11-18)17(22)13-3-4-14-9-24-10-15(14)7-13/h3-4,7,23H,2,5-6,8-11H2,1H3. The number of ether oxygens (including phenoxy) is 1. The number of hydrogen-bond acceptors (Lipinski definition) is 6. The van der Waals surface area contributed by atoms with Gasteiger partial charge < -0.3 is 19.3 Å². The first-order valence-electron chi connectivity index (χ1n) is 8.53. The number of aliphatic hydroxyl groups is 1. The number of aromatic nitrogens is 2. The van der Waals surface area contributed by atoms with Gasteiger partial charge in [0.15, 0.2) is 5.82 Å². The van der Waals surface area contributed by atoms with Gasteiger partial charge in [-0.3, -0.25) is 4.79 Å². The maximum atomic E-state index is 12.9. The van der Waals surface area contributed by atoms with Crippen LogP contribution in [0.5, 0.6) is 0 Å². The van der Waals surface area contributed by atoms with Crippen molar-refractivity contribution >= 4 is 5.91 Å². The number of carbonyl (C=O) groups is 1. The molecule has 1 saturated heterocycles. The summed E-state index contributed by atoms with van der Waals surface area (Å²) in [6.45, 7) is 3.80. The van der Waals surface area contributed by atoms with Gasteiger partial charge in [0.2, 0.25) is 5.89 Å². The van der Waals surface area contributed by atoms with E-state index in [1.165, 1.54) is 0 Å². The lowest BCUT2D eigenvalue weighted by Gasteiger charge is -2.38. The number of fused-ring (bicyclic) bond motifs is 1. The summed E-state index contributed by atoms with van der Waals surface area (Å²) in [5.74, 6) is 0.890. The summed E-state index contributed by atoms with van der Waals surface area (Å²) in [4.78, 5) is 18.7. The van der Waals surface area contributed by atoms with Crippen LogP contribution in [0, 0.1) is 6.92 Å². The van der Waals surface area contributed by atoms with Crippen molar-refractivity contribution in [1.29, 1.82) is 0 Å². The maximum absolute atomic E-state index is 12.9. The van der Waals surface area contributed by atoms with Gasteiger partial charge in [0.05, 0.1) is 31.8 Å². The van der Waals surface area contributed by atoms with Crippen LogP contribution in [0.3, 0.4) is 0 Å². The number of piperidine rings is 1. The van der Waals surface area contributed by atoms with Gasteiger partial charge >= 0.3 is 0 Å². The summed E-state index contributed by atoms with van der Waals surface area (Å²) in [6, 6.07) is 5.69. The average Bonchev–Trinajstić information content (AvgIpc) is 3.21. The number of nitrogens with zero attached hydrogens (tertiary/aromatic N) is 3. The van der Waals surface area contributed by atoms with Gasteiger partial charge in [0.25, 0.3) is 5.91 Å². The first kappa shape index (κ1) is 16.2. The highest BCUT2D eigenvalue weighted by molar-refractivity contribution is 5.94. The van der Waals surface area contributed by atoms with Gasteiger partial charge in [-0.2, -0.15) is 4.98 Å². The van der Waals surface area contributed by atoms with E-state index in [1.807, 2.05) is 18.2 Å². The Morgan fingerprint density at radius 3 is 3.00 bits per heavy atom. The van der Waals surface area contributed by atoms with Gasteiger partial charge in [-0.15, -0.1) is 0 Å². The summed E-state index contributed by atoms with van der Waals surface area (Å²) in [6.07, 6.45) is 1.61. The lowest BCUT2D eigenvalue weighted by atomic mass is 9.89. The Labute approximate surface area is 145 Å². The van der Waals surface area contributed by atoms with Crippen LogP contribution in [-0.2, 0) is 24.4 Å². The quantitative estimate of drug-likeness (QED) is 0.911. The van der Waals surface area contributed by atoms with Gasteiger partial charge in [0.1, 0.15) is 0 Å². The van der Waals surface area contributed by atoms with Crippen molar-refractivity contribution in [2.75, 3.05) is 13.1 Å². The molecule has 0 saturated carbocycles. The fourth-order valence-electron chi connectivity index (χ4n) is 3.61. The largest absolute Gasteiger partial charge is 0.388 e. The van der Waals surface area contributed by atoms with E-state index in [0.29, 0.717) is 43.5 Å². The molecule has 0 radical (unpaired) electrons. The first-order chi connectivity index (χ1) is 12.0. The molecule has 1 N–H and O–H groups in total. The van der Waals surface area contributed by atoms with E-state index in [4.69, 9.17) is 9.26 Å². The molecule has 2 aliphatic rings. The Balaban J connectivity index is 1.49. The number of β-amino-alcohol motifs (C(OH)–C–C–N with tert-alkyl or cyclic N) is 1. The summed E-state index contributed by atoms with van der Waals surface area (Å²) in [5.41, 5.74) is 1.81. The zero-order chi connectivity index (χ0) is 17.4. The molecule has 3 heterocycles. The Bertz CT molecular complexity index is 803. The van der Waals surface area contributed by atoms with E-state index in [2.05, 4.69) is 10.1 Å². The molecule has 0 aliphatic carbocycles. The highest BCUT2D eigenvalue weighted by Gasteiger charge is 2.37. The van der Waals surface area contributed by atoms with E-state index in [0.717, 1.165) is 17.5 Å². The molecule has 1 aromatic carbocycles. The van der Waals surface area contributed by atoms with Crippen LogP contribution in [-0.4, -0.2) is 44.7 Å². The van der Waals surface area contributed by atoms with Crippen LogP contribution in [0.25, 0.3) is 0 Å². The Morgan fingerprint density at radius 2 is 2.20 bits per heavy atom. The van der Waals surface area contributed by atoms with E-state index in [1.54, 1.807) is 11.8 Å². The smallest absolute Gasteiger partial charge is 0.253 e. The van der Waals surface area contributed by atoms with Crippen molar-refractivity contribution in [3.8, 4) is 0 Å². The maximum Gasteiger partial charge on any atom is 0.253 e. The van der Waals surface area contributed by atoms with Crippen LogP contribution in [0.15, 0.2) is 22.7 Å². The third kappa shape index (κ3) is 3.29. The zero-order valence-electron chi connectivity index (χ0n) is 14.2. The predicted octanol–water partition coefficient (Wildman–Crippen LogP) is 1.62. The zero-order valence-corrected chi connectivity index (χ0v) is 14.2. The SMILES string of the molecule is Cc1noc(CC2(O)CCCN(C(=O)c3ccc4c(c3)COC4)C2)n1. The normalized spacial score (nSPS) is 22.9. The Morgan fingerprint density at radius 1 is 1.36 bits per heavy atom. The lowest BCUT2D eigenvalue weighted by Crippen LogP contribution is -2.51. The third-order valence-corrected chi connectivity index (χ3v) is 4.86. The van der Waals surface area contributed by atoms with Gasteiger partial charge in [-0.25, -0.2) is 0 Å². The summed E-state index contributed by atoms with van der Waals surface area (Å²) >= 11 is 0. The summed E-state index contributed by atoms with van der Waals surface area (Å²) in [7, 11) is 0. The molecule has 1 aromatic heterocycles. The molecule has 2 aliphatic heterocycles. The van der Waals surface area contributed by atoms with E-state index < -0.39 is 5.60 Å². The highest BCUT2D eigenvalue weighted by Crippen LogP contribution is 2.27. The second-order valence-electron chi connectivity index (χ2n) is 6.94. The molecule has 132 valence electrons. The number of aryl methyl sites for hydroxylation is 1. The number of hydrogen-bond donors (Lipinski definition) is 1. The topological polar surface area (TPSA) is 88.7 Å². The number of likely N-dealkylation sites (tertiary alicyclic amines) is 1. The summed E-state index contributed by atoms with van der Waals surface area (Å²) < 4.78 is 10.5. The highest BCUT2D eigenvalue weighted by atomic mass is 16.5. The Hall–Kier alpha value is -2.25. The molecule has 7 nitrogen and oxygen atoms in total. The van der Waals surface area contributed by atoms with Crippen LogP contribution >= 0.6 is 0 Å². The predicted molar refractivity (Wildman–Crippen MR) is 87.8 cm³/mol. The molecule has 0 bridgehead atoms. The van der Waals surface area contributed by atoms with Crippen LogP contribution in [0.4, 0.5) is 0 Å². The molecule has 1 atom stereocenters. The second-order valence-corrected chi connectivity index (χ2v) is 6.94. The van der Waals surface area contributed by atoms with Crippen molar-refractivity contribution in [3.63, 3.8) is 0 Å². The minimum atomic E-state index is -1.03. The molecule has 7 heteroatoms. The van der Waals surface area contributed by atoms with Crippen molar-refractivity contribution < 1.29 is 19.2 Å². The lowest BCUT2D eigenvalue weighted by molar-refractivity contribution is -0.0286. The molecule has 1 amide bonds. The number of amides is 1. The molecule has 4 rings (SSSR count). The van der Waals surface area contributed by atoms with Crippen LogP contribution in [0.1, 0.15) is 46.0 Å². The molecular formula is C18H21N3O4. The molecule has 25 heavy (non-hydrogen) atoms. The van der Waals surface area contributed by atoms with Crippen LogP contribution in [0.2, 0.25) is 0 Å². The fourth-order valence-corrected chi connectivity index (χ4v) is 3.61. The molecule has 1 fully saturated rings. The first-order valence-corrected chi connectivity index (χ1v) is 8.53. The minimum Gasteiger partial charge on any atom is -0.388 e. The van der Waals surface area contributed by atoms with Gasteiger partial charge in [-0.1, -0.05) is 11.2 Å². The van der Waals surface area contributed by atoms with Crippen LogP contribution < -0.4 is 0 Å². The van der Waals surface area contributed by atoms with Gasteiger partial charge in [0, 0.05) is 12.1 Å². The fraction of sp³-hybridized carbons (Fsp3) is 0.500. The number of benzene rings is 1. The molecule has 2 aromatic rings. The van der Waals surface area contributed by atoms with E-state index >= 15 is 0 Å².